The SMILES string of the molecule is CCN(CC)CCCn1c(=O)c(CCN2CCN(c3ccccc3OC)CC2)c(O)c2cnccc21. The Labute approximate surface area is 213 Å². The Morgan fingerprint density at radius 1 is 1.06 bits per heavy atom. The van der Waals surface area contributed by atoms with Crippen LogP contribution < -0.4 is 15.2 Å². The van der Waals surface area contributed by atoms with Crippen LogP contribution in [0.1, 0.15) is 25.8 Å². The summed E-state index contributed by atoms with van der Waals surface area (Å²) in [7, 11) is 1.71. The fraction of sp³-hybridized carbons (Fsp3) is 0.500. The van der Waals surface area contributed by atoms with Crippen molar-refractivity contribution in [2.75, 3.05) is 64.4 Å². The zero-order valence-electron chi connectivity index (χ0n) is 21.8. The summed E-state index contributed by atoms with van der Waals surface area (Å²) in [6.45, 7) is 12.2. The summed E-state index contributed by atoms with van der Waals surface area (Å²) in [6, 6.07) is 9.94. The Hall–Kier alpha value is -3.10. The molecule has 0 amide bonds. The van der Waals surface area contributed by atoms with E-state index in [1.165, 1.54) is 0 Å². The van der Waals surface area contributed by atoms with Gasteiger partial charge in [0.25, 0.3) is 5.56 Å². The lowest BCUT2D eigenvalue weighted by Crippen LogP contribution is -2.47. The van der Waals surface area contributed by atoms with Gasteiger partial charge in [0.15, 0.2) is 0 Å². The molecule has 36 heavy (non-hydrogen) atoms. The van der Waals surface area contributed by atoms with Gasteiger partial charge in [0.2, 0.25) is 0 Å². The highest BCUT2D eigenvalue weighted by Gasteiger charge is 2.22. The van der Waals surface area contributed by atoms with Crippen molar-refractivity contribution < 1.29 is 9.84 Å². The number of methoxy groups -OCH3 is 1. The lowest BCUT2D eigenvalue weighted by Gasteiger charge is -2.36. The van der Waals surface area contributed by atoms with Crippen molar-refractivity contribution in [2.45, 2.75) is 33.2 Å². The van der Waals surface area contributed by atoms with Gasteiger partial charge in [-0.3, -0.25) is 14.7 Å². The average molecular weight is 494 g/mol. The van der Waals surface area contributed by atoms with Gasteiger partial charge in [0, 0.05) is 51.7 Å². The van der Waals surface area contributed by atoms with Gasteiger partial charge in [-0.05, 0) is 50.7 Å². The van der Waals surface area contributed by atoms with Gasteiger partial charge >= 0.3 is 0 Å². The molecule has 1 fully saturated rings. The summed E-state index contributed by atoms with van der Waals surface area (Å²) in [5, 5.41) is 11.7. The van der Waals surface area contributed by atoms with Crippen LogP contribution in [-0.2, 0) is 13.0 Å². The number of piperazine rings is 1. The number of fused-ring (bicyclic) bond motifs is 1. The van der Waals surface area contributed by atoms with Crippen LogP contribution in [-0.4, -0.2) is 83.9 Å². The van der Waals surface area contributed by atoms with E-state index in [9.17, 15) is 9.90 Å². The molecule has 3 heterocycles. The van der Waals surface area contributed by atoms with Crippen LogP contribution in [0.2, 0.25) is 0 Å². The number of aryl methyl sites for hydroxylation is 1. The number of aromatic nitrogens is 2. The van der Waals surface area contributed by atoms with Gasteiger partial charge in [-0.2, -0.15) is 0 Å². The molecule has 0 saturated carbocycles. The summed E-state index contributed by atoms with van der Waals surface area (Å²) in [5.74, 6) is 0.970. The van der Waals surface area contributed by atoms with Crippen LogP contribution in [0.3, 0.4) is 0 Å². The van der Waals surface area contributed by atoms with Crippen LogP contribution in [0.25, 0.3) is 10.9 Å². The molecule has 0 atom stereocenters. The monoisotopic (exact) mass is 493 g/mol. The van der Waals surface area contributed by atoms with Crippen molar-refractivity contribution in [3.63, 3.8) is 0 Å². The standard InChI is InChI=1S/C28H39N5O3/c1-4-30(5-2)14-8-15-33-24-11-13-29-21-23(24)27(34)22(28(33)35)12-16-31-17-19-32(20-18-31)25-9-6-7-10-26(25)36-3/h6-7,9-11,13,21,34H,4-5,8,12,14-20H2,1-3H3. The van der Waals surface area contributed by atoms with E-state index in [-0.39, 0.29) is 11.3 Å². The van der Waals surface area contributed by atoms with Gasteiger partial charge in [-0.25, -0.2) is 0 Å². The first-order valence-corrected chi connectivity index (χ1v) is 13.1. The number of hydrogen-bond donors (Lipinski definition) is 1. The second kappa shape index (κ2) is 12.2. The van der Waals surface area contributed by atoms with Crippen LogP contribution in [0.4, 0.5) is 5.69 Å². The van der Waals surface area contributed by atoms with Crippen molar-refractivity contribution in [1.29, 1.82) is 0 Å². The van der Waals surface area contributed by atoms with Crippen molar-refractivity contribution in [3.8, 4) is 11.5 Å². The first kappa shape index (κ1) is 26.0. The molecule has 0 radical (unpaired) electrons. The van der Waals surface area contributed by atoms with E-state index in [0.717, 1.165) is 75.7 Å². The average Bonchev–Trinajstić information content (AvgIpc) is 2.93. The molecule has 1 saturated heterocycles. The number of ether oxygens (including phenoxy) is 1. The molecule has 0 spiro atoms. The molecule has 1 aromatic carbocycles. The lowest BCUT2D eigenvalue weighted by molar-refractivity contribution is 0.259. The Balaban J connectivity index is 1.46. The number of rotatable bonds is 11. The normalized spacial score (nSPS) is 14.6. The van der Waals surface area contributed by atoms with Crippen molar-refractivity contribution in [1.82, 2.24) is 19.4 Å². The van der Waals surface area contributed by atoms with E-state index in [2.05, 4.69) is 39.6 Å². The first-order chi connectivity index (χ1) is 17.6. The number of hydrogen-bond acceptors (Lipinski definition) is 7. The maximum absolute atomic E-state index is 13.5. The molecule has 2 aromatic heterocycles. The molecule has 1 N–H and O–H groups in total. The minimum Gasteiger partial charge on any atom is -0.507 e. The van der Waals surface area contributed by atoms with Crippen LogP contribution >= 0.6 is 0 Å². The second-order valence-electron chi connectivity index (χ2n) is 9.31. The molecule has 0 bridgehead atoms. The van der Waals surface area contributed by atoms with E-state index in [4.69, 9.17) is 4.74 Å². The third kappa shape index (κ3) is 5.65. The third-order valence-electron chi connectivity index (χ3n) is 7.36. The van der Waals surface area contributed by atoms with Gasteiger partial charge in [-0.15, -0.1) is 0 Å². The molecule has 0 unspecified atom stereocenters. The molecule has 8 heteroatoms. The topological polar surface area (TPSA) is 74.1 Å². The number of nitrogens with zero attached hydrogens (tertiary/aromatic N) is 5. The van der Waals surface area contributed by atoms with Gasteiger partial charge in [0.1, 0.15) is 11.5 Å². The van der Waals surface area contributed by atoms with E-state index in [1.54, 1.807) is 19.5 Å². The molecule has 0 aliphatic carbocycles. The Morgan fingerprint density at radius 3 is 2.53 bits per heavy atom. The smallest absolute Gasteiger partial charge is 0.258 e. The summed E-state index contributed by atoms with van der Waals surface area (Å²) >= 11 is 0. The minimum atomic E-state index is -0.0848. The summed E-state index contributed by atoms with van der Waals surface area (Å²) in [6.07, 6.45) is 4.75. The number of pyridine rings is 2. The fourth-order valence-corrected chi connectivity index (χ4v) is 5.15. The molecule has 8 nitrogen and oxygen atoms in total. The molecular weight excluding hydrogens is 454 g/mol. The zero-order chi connectivity index (χ0) is 25.5. The van der Waals surface area contributed by atoms with Gasteiger partial charge in [-0.1, -0.05) is 26.0 Å². The van der Waals surface area contributed by atoms with Crippen LogP contribution in [0.15, 0.2) is 47.5 Å². The number of para-hydroxylation sites is 2. The molecule has 1 aliphatic rings. The Morgan fingerprint density at radius 2 is 1.81 bits per heavy atom. The van der Waals surface area contributed by atoms with Crippen molar-refractivity contribution in [3.05, 3.63) is 58.6 Å². The maximum atomic E-state index is 13.5. The lowest BCUT2D eigenvalue weighted by atomic mass is 10.1. The molecular formula is C28H39N5O3. The van der Waals surface area contributed by atoms with Crippen LogP contribution in [0, 0.1) is 0 Å². The highest BCUT2D eigenvalue weighted by atomic mass is 16.5. The largest absolute Gasteiger partial charge is 0.507 e. The third-order valence-corrected chi connectivity index (χ3v) is 7.36. The second-order valence-corrected chi connectivity index (χ2v) is 9.31. The number of anilines is 1. The molecule has 4 rings (SSSR count). The predicted octanol–water partition coefficient (Wildman–Crippen LogP) is 3.21. The summed E-state index contributed by atoms with van der Waals surface area (Å²) in [5.41, 5.74) is 2.28. The van der Waals surface area contributed by atoms with E-state index < -0.39 is 0 Å². The van der Waals surface area contributed by atoms with Crippen molar-refractivity contribution in [2.24, 2.45) is 0 Å². The summed E-state index contributed by atoms with van der Waals surface area (Å²) in [4.78, 5) is 24.8. The van der Waals surface area contributed by atoms with Gasteiger partial charge in [0.05, 0.1) is 29.3 Å². The first-order valence-electron chi connectivity index (χ1n) is 13.1. The van der Waals surface area contributed by atoms with E-state index in [1.807, 2.05) is 28.8 Å². The summed E-state index contributed by atoms with van der Waals surface area (Å²) < 4.78 is 7.36. The predicted molar refractivity (Wildman–Crippen MR) is 145 cm³/mol. The number of aromatic hydroxyl groups is 1. The minimum absolute atomic E-state index is 0.0794. The van der Waals surface area contributed by atoms with E-state index in [0.29, 0.717) is 23.9 Å². The van der Waals surface area contributed by atoms with Crippen LogP contribution in [0.5, 0.6) is 11.5 Å². The van der Waals surface area contributed by atoms with Crippen molar-refractivity contribution >= 4 is 16.6 Å². The maximum Gasteiger partial charge on any atom is 0.258 e. The molecule has 194 valence electrons. The highest BCUT2D eigenvalue weighted by Crippen LogP contribution is 2.29. The Bertz CT molecular complexity index is 1200. The Kier molecular flexibility index (Phi) is 8.83. The zero-order valence-corrected chi connectivity index (χ0v) is 21.8. The van der Waals surface area contributed by atoms with Gasteiger partial charge < -0.3 is 24.2 Å². The molecule has 3 aromatic rings. The number of benzene rings is 1. The van der Waals surface area contributed by atoms with E-state index >= 15 is 0 Å². The quantitative estimate of drug-likeness (QED) is 0.440. The highest BCUT2D eigenvalue weighted by molar-refractivity contribution is 5.85. The molecule has 1 aliphatic heterocycles. The fourth-order valence-electron chi connectivity index (χ4n) is 5.15.